The molecule has 0 aromatic heterocycles. The van der Waals surface area contributed by atoms with Gasteiger partial charge in [0, 0.05) is 6.07 Å². The number of amides is 3. The molecular formula is C11H10F2N2O4. The lowest BCUT2D eigenvalue weighted by Gasteiger charge is -2.11. The van der Waals surface area contributed by atoms with Crippen molar-refractivity contribution >= 4 is 17.9 Å². The van der Waals surface area contributed by atoms with E-state index in [4.69, 9.17) is 5.73 Å². The summed E-state index contributed by atoms with van der Waals surface area (Å²) in [6.07, 6.45) is -1.34. The maximum Gasteiger partial charge on any atom is 0.339 e. The van der Waals surface area contributed by atoms with Crippen molar-refractivity contribution in [3.05, 3.63) is 35.4 Å². The van der Waals surface area contributed by atoms with Crippen LogP contribution in [0.25, 0.3) is 0 Å². The Kier molecular flexibility index (Phi) is 4.51. The topological polar surface area (TPSA) is 98.5 Å². The van der Waals surface area contributed by atoms with Gasteiger partial charge in [-0.05, 0) is 19.1 Å². The van der Waals surface area contributed by atoms with Crippen LogP contribution in [0.5, 0.6) is 0 Å². The Bertz CT molecular complexity index is 513. The van der Waals surface area contributed by atoms with Gasteiger partial charge in [-0.2, -0.15) is 0 Å². The van der Waals surface area contributed by atoms with Crippen molar-refractivity contribution in [2.24, 2.45) is 5.73 Å². The molecule has 1 aromatic carbocycles. The van der Waals surface area contributed by atoms with E-state index in [1.165, 1.54) is 6.92 Å². The number of hydrogen-bond donors (Lipinski definition) is 2. The Balaban J connectivity index is 2.74. The van der Waals surface area contributed by atoms with E-state index >= 15 is 0 Å². The van der Waals surface area contributed by atoms with Crippen molar-refractivity contribution < 1.29 is 27.9 Å². The van der Waals surface area contributed by atoms with Gasteiger partial charge in [0.2, 0.25) is 0 Å². The molecule has 0 heterocycles. The third-order valence-electron chi connectivity index (χ3n) is 2.00. The molecular weight excluding hydrogens is 262 g/mol. The number of halogens is 2. The van der Waals surface area contributed by atoms with Crippen LogP contribution in [-0.2, 0) is 9.53 Å². The number of primary amides is 1. The van der Waals surface area contributed by atoms with Gasteiger partial charge in [-0.25, -0.2) is 18.4 Å². The molecule has 0 spiro atoms. The van der Waals surface area contributed by atoms with Crippen LogP contribution < -0.4 is 11.1 Å². The number of benzene rings is 1. The zero-order valence-corrected chi connectivity index (χ0v) is 9.78. The summed E-state index contributed by atoms with van der Waals surface area (Å²) in [4.78, 5) is 33.1. The molecule has 0 fully saturated rings. The van der Waals surface area contributed by atoms with Crippen molar-refractivity contribution in [1.82, 2.24) is 5.32 Å². The van der Waals surface area contributed by atoms with E-state index in [9.17, 15) is 23.2 Å². The van der Waals surface area contributed by atoms with E-state index in [2.05, 4.69) is 4.74 Å². The Morgan fingerprint density at radius 3 is 2.21 bits per heavy atom. The molecule has 102 valence electrons. The van der Waals surface area contributed by atoms with Gasteiger partial charge in [-0.1, -0.05) is 0 Å². The quantitative estimate of drug-likeness (QED) is 0.791. The number of carbonyl (C=O) groups is 3. The Hall–Kier alpha value is -2.51. The summed E-state index contributed by atoms with van der Waals surface area (Å²) in [5.74, 6) is -3.97. The van der Waals surface area contributed by atoms with Gasteiger partial charge in [0.1, 0.15) is 11.6 Å². The molecule has 6 nitrogen and oxygen atoms in total. The fourth-order valence-corrected chi connectivity index (χ4v) is 1.18. The average molecular weight is 272 g/mol. The Morgan fingerprint density at radius 2 is 1.74 bits per heavy atom. The second-order valence-electron chi connectivity index (χ2n) is 3.56. The van der Waals surface area contributed by atoms with Gasteiger partial charge in [0.05, 0.1) is 5.56 Å². The minimum Gasteiger partial charge on any atom is -0.449 e. The van der Waals surface area contributed by atoms with Crippen LogP contribution in [0.4, 0.5) is 13.6 Å². The smallest absolute Gasteiger partial charge is 0.339 e. The van der Waals surface area contributed by atoms with E-state index in [1.807, 2.05) is 0 Å². The fourth-order valence-electron chi connectivity index (χ4n) is 1.18. The third kappa shape index (κ3) is 4.34. The minimum absolute atomic E-state index is 0.392. The number of rotatable bonds is 3. The van der Waals surface area contributed by atoms with E-state index in [0.717, 1.165) is 12.1 Å². The summed E-state index contributed by atoms with van der Waals surface area (Å²) in [7, 11) is 0. The molecule has 3 amide bonds. The molecule has 0 unspecified atom stereocenters. The van der Waals surface area contributed by atoms with Crippen molar-refractivity contribution in [3.8, 4) is 0 Å². The largest absolute Gasteiger partial charge is 0.449 e. The van der Waals surface area contributed by atoms with Gasteiger partial charge in [0.15, 0.2) is 6.10 Å². The van der Waals surface area contributed by atoms with Crippen LogP contribution in [-0.4, -0.2) is 24.0 Å². The second-order valence-corrected chi connectivity index (χ2v) is 3.56. The summed E-state index contributed by atoms with van der Waals surface area (Å²) >= 11 is 0. The minimum atomic E-state index is -1.34. The summed E-state index contributed by atoms with van der Waals surface area (Å²) in [6, 6.07) is 0.985. The van der Waals surface area contributed by atoms with Gasteiger partial charge in [0.25, 0.3) is 5.91 Å². The first kappa shape index (κ1) is 14.6. The lowest BCUT2D eigenvalue weighted by atomic mass is 10.2. The number of nitrogens with one attached hydrogen (secondary N) is 1. The van der Waals surface area contributed by atoms with Crippen LogP contribution in [0.1, 0.15) is 17.3 Å². The van der Waals surface area contributed by atoms with Crippen LogP contribution >= 0.6 is 0 Å². The zero-order chi connectivity index (χ0) is 14.6. The Morgan fingerprint density at radius 1 is 1.21 bits per heavy atom. The molecule has 1 aromatic rings. The predicted molar refractivity (Wildman–Crippen MR) is 59.0 cm³/mol. The molecule has 3 N–H and O–H groups in total. The second kappa shape index (κ2) is 5.89. The van der Waals surface area contributed by atoms with Gasteiger partial charge in [-0.15, -0.1) is 0 Å². The number of carbonyl (C=O) groups excluding carboxylic acids is 3. The molecule has 19 heavy (non-hydrogen) atoms. The number of hydrogen-bond acceptors (Lipinski definition) is 4. The Labute approximate surface area is 106 Å². The van der Waals surface area contributed by atoms with Gasteiger partial charge in [-0.3, -0.25) is 10.1 Å². The van der Waals surface area contributed by atoms with Gasteiger partial charge < -0.3 is 10.5 Å². The number of imide groups is 1. The molecule has 0 saturated carbocycles. The number of ether oxygens (including phenoxy) is 1. The third-order valence-corrected chi connectivity index (χ3v) is 2.00. The van der Waals surface area contributed by atoms with Crippen LogP contribution in [0.3, 0.4) is 0 Å². The molecule has 0 bridgehead atoms. The van der Waals surface area contributed by atoms with Crippen LogP contribution in [0.15, 0.2) is 18.2 Å². The molecule has 0 aliphatic rings. The molecule has 0 saturated heterocycles. The molecule has 1 atom stereocenters. The highest BCUT2D eigenvalue weighted by Gasteiger charge is 2.20. The molecule has 0 aliphatic heterocycles. The summed E-state index contributed by atoms with van der Waals surface area (Å²) in [6.45, 7) is 1.17. The summed E-state index contributed by atoms with van der Waals surface area (Å²) in [5, 5.41) is 1.70. The average Bonchev–Trinajstić information content (AvgIpc) is 2.26. The van der Waals surface area contributed by atoms with Crippen molar-refractivity contribution in [3.63, 3.8) is 0 Å². The lowest BCUT2D eigenvalue weighted by Crippen LogP contribution is -2.42. The highest BCUT2D eigenvalue weighted by molar-refractivity contribution is 5.98. The lowest BCUT2D eigenvalue weighted by molar-refractivity contribution is -0.127. The van der Waals surface area contributed by atoms with Gasteiger partial charge >= 0.3 is 12.0 Å². The number of urea groups is 1. The monoisotopic (exact) mass is 272 g/mol. The molecule has 8 heteroatoms. The first-order valence-corrected chi connectivity index (χ1v) is 5.07. The first-order chi connectivity index (χ1) is 8.79. The van der Waals surface area contributed by atoms with E-state index in [1.54, 1.807) is 5.32 Å². The maximum atomic E-state index is 12.9. The number of nitrogens with two attached hydrogens (primary N) is 1. The first-order valence-electron chi connectivity index (χ1n) is 5.07. The highest BCUT2D eigenvalue weighted by atomic mass is 19.1. The van der Waals surface area contributed by atoms with E-state index in [0.29, 0.717) is 6.07 Å². The zero-order valence-electron chi connectivity index (χ0n) is 9.78. The normalized spacial score (nSPS) is 11.5. The summed E-state index contributed by atoms with van der Waals surface area (Å²) < 4.78 is 30.4. The molecule has 1 rings (SSSR count). The highest BCUT2D eigenvalue weighted by Crippen LogP contribution is 2.10. The van der Waals surface area contributed by atoms with Crippen molar-refractivity contribution in [1.29, 1.82) is 0 Å². The van der Waals surface area contributed by atoms with E-state index in [-0.39, 0.29) is 0 Å². The standard InChI is InChI=1S/C11H10F2N2O4/c1-5(9(16)15-11(14)18)19-10(17)6-2-7(12)4-8(13)3-6/h2-5H,1H3,(H3,14,15,16,18)/t5-/m1/s1. The van der Waals surface area contributed by atoms with Crippen molar-refractivity contribution in [2.45, 2.75) is 13.0 Å². The number of esters is 1. The van der Waals surface area contributed by atoms with Crippen LogP contribution in [0.2, 0.25) is 0 Å². The van der Waals surface area contributed by atoms with Crippen LogP contribution in [0, 0.1) is 11.6 Å². The maximum absolute atomic E-state index is 12.9. The van der Waals surface area contributed by atoms with E-state index < -0.39 is 41.2 Å². The SMILES string of the molecule is C[C@@H](OC(=O)c1cc(F)cc(F)c1)C(=O)NC(N)=O. The fraction of sp³-hybridized carbons (Fsp3) is 0.182. The molecule has 0 radical (unpaired) electrons. The van der Waals surface area contributed by atoms with Crippen molar-refractivity contribution in [2.75, 3.05) is 0 Å². The molecule has 0 aliphatic carbocycles. The summed E-state index contributed by atoms with van der Waals surface area (Å²) in [5.41, 5.74) is 4.31. The predicted octanol–water partition coefficient (Wildman–Crippen LogP) is 0.705.